The first-order chi connectivity index (χ1) is 10.2. The summed E-state index contributed by atoms with van der Waals surface area (Å²) < 4.78 is 9.91. The molecule has 0 aliphatic rings. The van der Waals surface area contributed by atoms with Gasteiger partial charge in [-0.2, -0.15) is 0 Å². The Morgan fingerprint density at radius 3 is 2.33 bits per heavy atom. The van der Waals surface area contributed by atoms with Crippen molar-refractivity contribution in [2.24, 2.45) is 0 Å². The van der Waals surface area contributed by atoms with Gasteiger partial charge in [0.2, 0.25) is 0 Å². The van der Waals surface area contributed by atoms with Crippen LogP contribution >= 0.6 is 0 Å². The molecule has 0 saturated carbocycles. The van der Waals surface area contributed by atoms with Crippen LogP contribution in [0.25, 0.3) is 0 Å². The Bertz CT molecular complexity index is 620. The minimum Gasteiger partial charge on any atom is -0.465 e. The van der Waals surface area contributed by atoms with Gasteiger partial charge in [-0.25, -0.2) is 4.79 Å². The molecule has 21 heavy (non-hydrogen) atoms. The lowest BCUT2D eigenvalue weighted by molar-refractivity contribution is -0.134. The Labute approximate surface area is 123 Å². The van der Waals surface area contributed by atoms with Crippen LogP contribution in [0.4, 0.5) is 0 Å². The van der Waals surface area contributed by atoms with Crippen molar-refractivity contribution >= 4 is 11.9 Å². The zero-order chi connectivity index (χ0) is 15.1. The molecule has 0 N–H and O–H groups in total. The summed E-state index contributed by atoms with van der Waals surface area (Å²) in [5.41, 5.74) is 1.31. The second kappa shape index (κ2) is 7.24. The molecule has 0 radical (unpaired) electrons. The van der Waals surface area contributed by atoms with Gasteiger partial charge in [-0.3, -0.25) is 4.79 Å². The van der Waals surface area contributed by atoms with E-state index in [2.05, 4.69) is 4.74 Å². The van der Waals surface area contributed by atoms with Crippen LogP contribution in [0.15, 0.2) is 54.6 Å². The number of methoxy groups -OCH3 is 1. The summed E-state index contributed by atoms with van der Waals surface area (Å²) >= 11 is 0. The first-order valence-corrected chi connectivity index (χ1v) is 6.62. The van der Waals surface area contributed by atoms with E-state index in [1.165, 1.54) is 7.11 Å². The number of hydrogen-bond acceptors (Lipinski definition) is 4. The van der Waals surface area contributed by atoms with E-state index in [0.717, 1.165) is 5.56 Å². The molecule has 0 unspecified atom stereocenters. The van der Waals surface area contributed by atoms with Crippen molar-refractivity contribution in [3.63, 3.8) is 0 Å². The summed E-state index contributed by atoms with van der Waals surface area (Å²) in [5, 5.41) is 0. The fourth-order valence-corrected chi connectivity index (χ4v) is 1.90. The number of para-hydroxylation sites is 1. The first kappa shape index (κ1) is 14.8. The fourth-order valence-electron chi connectivity index (χ4n) is 1.90. The summed E-state index contributed by atoms with van der Waals surface area (Å²) in [7, 11) is 1.29. The number of benzene rings is 2. The number of ether oxygens (including phenoxy) is 2. The van der Waals surface area contributed by atoms with Gasteiger partial charge >= 0.3 is 11.9 Å². The molecule has 4 nitrogen and oxygen atoms in total. The summed E-state index contributed by atoms with van der Waals surface area (Å²) in [6, 6.07) is 16.2. The summed E-state index contributed by atoms with van der Waals surface area (Å²) in [4.78, 5) is 23.5. The maximum absolute atomic E-state index is 11.9. The van der Waals surface area contributed by atoms with Crippen molar-refractivity contribution in [2.75, 3.05) is 7.11 Å². The van der Waals surface area contributed by atoms with Gasteiger partial charge in [0.25, 0.3) is 0 Å². The Balaban J connectivity index is 1.98. The molecule has 0 saturated heterocycles. The van der Waals surface area contributed by atoms with Crippen LogP contribution in [0.3, 0.4) is 0 Å². The van der Waals surface area contributed by atoms with Crippen molar-refractivity contribution in [3.05, 3.63) is 65.7 Å². The molecule has 0 spiro atoms. The van der Waals surface area contributed by atoms with Crippen LogP contribution in [-0.4, -0.2) is 19.0 Å². The van der Waals surface area contributed by atoms with Gasteiger partial charge in [0.05, 0.1) is 7.11 Å². The lowest BCUT2D eigenvalue weighted by Crippen LogP contribution is -2.12. The van der Waals surface area contributed by atoms with Crippen LogP contribution in [0.1, 0.15) is 22.3 Å². The maximum atomic E-state index is 11.9. The second-order valence-corrected chi connectivity index (χ2v) is 4.45. The Kier molecular flexibility index (Phi) is 5.10. The molecule has 0 aliphatic carbocycles. The van der Waals surface area contributed by atoms with E-state index < -0.39 is 5.97 Å². The molecule has 0 aliphatic heterocycles. The Hall–Kier alpha value is -2.62. The van der Waals surface area contributed by atoms with E-state index in [9.17, 15) is 9.59 Å². The van der Waals surface area contributed by atoms with Crippen molar-refractivity contribution in [2.45, 2.75) is 12.8 Å². The molecule has 0 aromatic heterocycles. The number of esters is 2. The smallest absolute Gasteiger partial charge is 0.341 e. The zero-order valence-electron chi connectivity index (χ0n) is 11.7. The number of carbonyl (C=O) groups excluding carboxylic acids is 2. The van der Waals surface area contributed by atoms with Crippen molar-refractivity contribution in [3.8, 4) is 5.75 Å². The molecular weight excluding hydrogens is 268 g/mol. The summed E-state index contributed by atoms with van der Waals surface area (Å²) in [5.74, 6) is -0.681. The molecule has 2 aromatic carbocycles. The van der Waals surface area contributed by atoms with Crippen molar-refractivity contribution < 1.29 is 19.1 Å². The van der Waals surface area contributed by atoms with Gasteiger partial charge in [-0.1, -0.05) is 42.5 Å². The van der Waals surface area contributed by atoms with E-state index >= 15 is 0 Å². The van der Waals surface area contributed by atoms with Gasteiger partial charge in [0.15, 0.2) is 0 Å². The van der Waals surface area contributed by atoms with Crippen LogP contribution in [0, 0.1) is 0 Å². The van der Waals surface area contributed by atoms with E-state index in [1.54, 1.807) is 24.3 Å². The average molecular weight is 284 g/mol. The monoisotopic (exact) mass is 284 g/mol. The van der Waals surface area contributed by atoms with E-state index in [1.807, 2.05) is 30.3 Å². The van der Waals surface area contributed by atoms with E-state index in [0.29, 0.717) is 6.42 Å². The topological polar surface area (TPSA) is 52.6 Å². The molecule has 0 fully saturated rings. The number of carbonyl (C=O) groups is 2. The van der Waals surface area contributed by atoms with Crippen LogP contribution in [-0.2, 0) is 16.0 Å². The predicted molar refractivity (Wildman–Crippen MR) is 78.2 cm³/mol. The normalized spacial score (nSPS) is 9.95. The minimum absolute atomic E-state index is 0.224. The van der Waals surface area contributed by atoms with Gasteiger partial charge in [-0.15, -0.1) is 0 Å². The van der Waals surface area contributed by atoms with Crippen molar-refractivity contribution in [1.29, 1.82) is 0 Å². The highest BCUT2D eigenvalue weighted by atomic mass is 16.5. The molecular formula is C17H16O4. The molecule has 0 atom stereocenters. The lowest BCUT2D eigenvalue weighted by Gasteiger charge is -2.08. The Morgan fingerprint density at radius 1 is 0.952 bits per heavy atom. The predicted octanol–water partition coefficient (Wildman–Crippen LogP) is 3.01. The standard InChI is InChI=1S/C17H16O4/c1-20-17(19)14-9-5-6-10-15(14)21-16(18)12-11-13-7-3-2-4-8-13/h2-10H,11-12H2,1H3. The van der Waals surface area contributed by atoms with Gasteiger partial charge in [0.1, 0.15) is 11.3 Å². The molecule has 4 heteroatoms. The maximum Gasteiger partial charge on any atom is 0.341 e. The third-order valence-electron chi connectivity index (χ3n) is 2.98. The summed E-state index contributed by atoms with van der Waals surface area (Å²) in [6.45, 7) is 0. The highest BCUT2D eigenvalue weighted by Gasteiger charge is 2.15. The molecule has 108 valence electrons. The molecule has 0 bridgehead atoms. The van der Waals surface area contributed by atoms with Crippen molar-refractivity contribution in [1.82, 2.24) is 0 Å². The largest absolute Gasteiger partial charge is 0.465 e. The molecule has 0 amide bonds. The SMILES string of the molecule is COC(=O)c1ccccc1OC(=O)CCc1ccccc1. The van der Waals surface area contributed by atoms with Gasteiger partial charge < -0.3 is 9.47 Å². The van der Waals surface area contributed by atoms with E-state index in [4.69, 9.17) is 4.74 Å². The molecule has 0 heterocycles. The van der Waals surface area contributed by atoms with Crippen LogP contribution in [0.5, 0.6) is 5.75 Å². The van der Waals surface area contributed by atoms with Crippen LogP contribution < -0.4 is 4.74 Å². The lowest BCUT2D eigenvalue weighted by atomic mass is 10.1. The third-order valence-corrected chi connectivity index (χ3v) is 2.98. The minimum atomic E-state index is -0.526. The highest BCUT2D eigenvalue weighted by Crippen LogP contribution is 2.19. The zero-order valence-corrected chi connectivity index (χ0v) is 11.7. The third kappa shape index (κ3) is 4.18. The molecule has 2 aromatic rings. The average Bonchev–Trinajstić information content (AvgIpc) is 2.54. The Morgan fingerprint density at radius 2 is 1.62 bits per heavy atom. The quantitative estimate of drug-likeness (QED) is 0.625. The molecule has 2 rings (SSSR count). The second-order valence-electron chi connectivity index (χ2n) is 4.45. The van der Waals surface area contributed by atoms with E-state index in [-0.39, 0.29) is 23.7 Å². The van der Waals surface area contributed by atoms with Gasteiger partial charge in [-0.05, 0) is 24.1 Å². The van der Waals surface area contributed by atoms with Crippen LogP contribution in [0.2, 0.25) is 0 Å². The number of aryl methyl sites for hydroxylation is 1. The number of hydrogen-bond donors (Lipinski definition) is 0. The summed E-state index contributed by atoms with van der Waals surface area (Å²) in [6.07, 6.45) is 0.847. The first-order valence-electron chi connectivity index (χ1n) is 6.62. The fraction of sp³-hybridized carbons (Fsp3) is 0.176. The number of rotatable bonds is 5. The highest BCUT2D eigenvalue weighted by molar-refractivity contribution is 5.93. The van der Waals surface area contributed by atoms with Gasteiger partial charge in [0, 0.05) is 6.42 Å².